The number of nitrogens with zero attached hydrogens (tertiary/aromatic N) is 1. The summed E-state index contributed by atoms with van der Waals surface area (Å²) in [6.07, 6.45) is 3.61. The Morgan fingerprint density at radius 2 is 2.10 bits per heavy atom. The lowest BCUT2D eigenvalue weighted by molar-refractivity contribution is 0.0698. The number of hydrogen-bond acceptors (Lipinski definition) is 4. The van der Waals surface area contributed by atoms with Crippen LogP contribution in [-0.4, -0.2) is 32.6 Å². The molecular formula is C14H16N2O4S. The maximum Gasteiger partial charge on any atom is 0.337 e. The highest BCUT2D eigenvalue weighted by Gasteiger charge is 2.15. The lowest BCUT2D eigenvalue weighted by Crippen LogP contribution is -2.37. The summed E-state index contributed by atoms with van der Waals surface area (Å²) in [4.78, 5) is 37.5. The van der Waals surface area contributed by atoms with E-state index in [9.17, 15) is 19.5 Å². The minimum absolute atomic E-state index is 0.0192. The van der Waals surface area contributed by atoms with E-state index in [0.29, 0.717) is 18.5 Å². The fraction of sp³-hybridized carbons (Fsp3) is 0.357. The summed E-state index contributed by atoms with van der Waals surface area (Å²) in [6.45, 7) is 0.337. The number of carboxylic acid groups (broad SMARTS) is 1. The second kappa shape index (κ2) is 6.62. The number of aryl methyl sites for hydroxylation is 1. The van der Waals surface area contributed by atoms with E-state index in [4.69, 9.17) is 0 Å². The van der Waals surface area contributed by atoms with Crippen molar-refractivity contribution in [1.29, 1.82) is 0 Å². The Hall–Kier alpha value is -2.02. The number of benzene rings is 1. The first kappa shape index (κ1) is 15.4. The molecular weight excluding hydrogens is 292 g/mol. The fourth-order valence-corrected chi connectivity index (χ4v) is 2.73. The number of carboxylic acids is 1. The molecule has 6 nitrogen and oxygen atoms in total. The largest absolute Gasteiger partial charge is 0.478 e. The van der Waals surface area contributed by atoms with E-state index < -0.39 is 17.1 Å². The van der Waals surface area contributed by atoms with E-state index in [1.165, 1.54) is 10.6 Å². The first-order valence-electron chi connectivity index (χ1n) is 6.54. The molecule has 0 aliphatic carbocycles. The predicted molar refractivity (Wildman–Crippen MR) is 83.4 cm³/mol. The summed E-state index contributed by atoms with van der Waals surface area (Å²) < 4.78 is 1.28. The first-order valence-corrected chi connectivity index (χ1v) is 7.93. The number of carbonyl (C=O) groups is 1. The van der Waals surface area contributed by atoms with E-state index in [1.54, 1.807) is 23.9 Å². The van der Waals surface area contributed by atoms with Gasteiger partial charge in [-0.05, 0) is 37.0 Å². The van der Waals surface area contributed by atoms with Crippen LogP contribution in [0.4, 0.5) is 0 Å². The Balaban J connectivity index is 2.59. The molecule has 1 heterocycles. The number of aromatic amines is 1. The van der Waals surface area contributed by atoms with Gasteiger partial charge in [0.1, 0.15) is 0 Å². The molecule has 1 aromatic heterocycles. The Labute approximate surface area is 124 Å². The van der Waals surface area contributed by atoms with Crippen LogP contribution in [0.2, 0.25) is 0 Å². The van der Waals surface area contributed by atoms with Crippen molar-refractivity contribution in [1.82, 2.24) is 9.55 Å². The number of rotatable bonds is 6. The Morgan fingerprint density at radius 3 is 2.76 bits per heavy atom. The summed E-state index contributed by atoms with van der Waals surface area (Å²) in [5.74, 6) is -0.160. The zero-order chi connectivity index (χ0) is 15.4. The third kappa shape index (κ3) is 3.18. The topological polar surface area (TPSA) is 92.2 Å². The van der Waals surface area contributed by atoms with E-state index in [-0.39, 0.29) is 11.1 Å². The minimum Gasteiger partial charge on any atom is -0.478 e. The second-order valence-corrected chi connectivity index (χ2v) is 5.60. The molecule has 2 N–H and O–H groups in total. The zero-order valence-electron chi connectivity index (χ0n) is 11.6. The van der Waals surface area contributed by atoms with Gasteiger partial charge in [0.2, 0.25) is 0 Å². The highest BCUT2D eigenvalue weighted by Crippen LogP contribution is 2.15. The smallest absolute Gasteiger partial charge is 0.337 e. The molecule has 1 aromatic carbocycles. The van der Waals surface area contributed by atoms with Gasteiger partial charge in [0.25, 0.3) is 0 Å². The molecule has 21 heavy (non-hydrogen) atoms. The van der Waals surface area contributed by atoms with Crippen LogP contribution in [0.5, 0.6) is 0 Å². The number of fused-ring (bicyclic) bond motifs is 1. The number of thioether (sulfide) groups is 1. The van der Waals surface area contributed by atoms with Crippen LogP contribution < -0.4 is 11.1 Å². The van der Waals surface area contributed by atoms with Crippen LogP contribution in [0.25, 0.3) is 11.0 Å². The number of H-pyrrole nitrogens is 1. The van der Waals surface area contributed by atoms with Crippen LogP contribution in [0.15, 0.2) is 27.8 Å². The average molecular weight is 308 g/mol. The third-order valence-electron chi connectivity index (χ3n) is 3.20. The Bertz CT molecular complexity index is 779. The number of para-hydroxylation sites is 1. The zero-order valence-corrected chi connectivity index (χ0v) is 12.4. The summed E-state index contributed by atoms with van der Waals surface area (Å²) in [7, 11) is 0. The summed E-state index contributed by atoms with van der Waals surface area (Å²) in [5.41, 5.74) is -0.774. The SMILES string of the molecule is CSCCCCn1c(=O)c(=O)[nH]c2cccc(C(=O)O)c21. The molecule has 0 saturated carbocycles. The molecule has 2 rings (SSSR count). The van der Waals surface area contributed by atoms with Crippen LogP contribution in [0, 0.1) is 0 Å². The first-order chi connectivity index (χ1) is 10.1. The van der Waals surface area contributed by atoms with E-state index in [2.05, 4.69) is 4.98 Å². The maximum atomic E-state index is 12.0. The van der Waals surface area contributed by atoms with Crippen molar-refractivity contribution >= 4 is 28.8 Å². The molecule has 0 bridgehead atoms. The molecule has 112 valence electrons. The van der Waals surface area contributed by atoms with E-state index in [0.717, 1.165) is 12.2 Å². The van der Waals surface area contributed by atoms with Crippen molar-refractivity contribution in [2.24, 2.45) is 0 Å². The Kier molecular flexibility index (Phi) is 4.85. The monoisotopic (exact) mass is 308 g/mol. The number of aromatic carboxylic acids is 1. The molecule has 0 saturated heterocycles. The average Bonchev–Trinajstić information content (AvgIpc) is 2.46. The number of hydrogen-bond donors (Lipinski definition) is 2. The highest BCUT2D eigenvalue weighted by molar-refractivity contribution is 7.98. The van der Waals surface area contributed by atoms with Crippen molar-refractivity contribution in [2.75, 3.05) is 12.0 Å². The van der Waals surface area contributed by atoms with Gasteiger partial charge in [0.05, 0.1) is 16.6 Å². The van der Waals surface area contributed by atoms with Crippen molar-refractivity contribution in [3.63, 3.8) is 0 Å². The van der Waals surface area contributed by atoms with Crippen LogP contribution in [0.1, 0.15) is 23.2 Å². The number of unbranched alkanes of at least 4 members (excludes halogenated alkanes) is 1. The molecule has 7 heteroatoms. The van der Waals surface area contributed by atoms with Gasteiger partial charge in [-0.25, -0.2) is 4.79 Å². The molecule has 0 spiro atoms. The van der Waals surface area contributed by atoms with E-state index >= 15 is 0 Å². The van der Waals surface area contributed by atoms with Crippen molar-refractivity contribution in [2.45, 2.75) is 19.4 Å². The van der Waals surface area contributed by atoms with Crippen molar-refractivity contribution in [3.05, 3.63) is 44.5 Å². The van der Waals surface area contributed by atoms with Gasteiger partial charge >= 0.3 is 17.1 Å². The molecule has 0 amide bonds. The fourth-order valence-electron chi connectivity index (χ4n) is 2.24. The molecule has 0 aliphatic rings. The molecule has 0 radical (unpaired) electrons. The van der Waals surface area contributed by atoms with Gasteiger partial charge in [-0.2, -0.15) is 11.8 Å². The predicted octanol–water partition coefficient (Wildman–Crippen LogP) is 1.53. The molecule has 0 unspecified atom stereocenters. The van der Waals surface area contributed by atoms with Gasteiger partial charge in [-0.3, -0.25) is 9.59 Å². The minimum atomic E-state index is -1.12. The quantitative estimate of drug-likeness (QED) is 0.623. The summed E-state index contributed by atoms with van der Waals surface area (Å²) in [6, 6.07) is 4.58. The third-order valence-corrected chi connectivity index (χ3v) is 3.90. The molecule has 0 aliphatic heterocycles. The molecule has 0 fully saturated rings. The Morgan fingerprint density at radius 1 is 1.33 bits per heavy atom. The normalized spacial score (nSPS) is 10.9. The number of nitrogens with one attached hydrogen (secondary N) is 1. The highest BCUT2D eigenvalue weighted by atomic mass is 32.2. The van der Waals surface area contributed by atoms with Gasteiger partial charge in [0.15, 0.2) is 0 Å². The molecule has 0 atom stereocenters. The molecule has 2 aromatic rings. The van der Waals surface area contributed by atoms with Gasteiger partial charge in [0, 0.05) is 6.54 Å². The van der Waals surface area contributed by atoms with Gasteiger partial charge in [-0.1, -0.05) is 6.07 Å². The van der Waals surface area contributed by atoms with Gasteiger partial charge < -0.3 is 14.7 Å². The van der Waals surface area contributed by atoms with Crippen LogP contribution in [0.3, 0.4) is 0 Å². The lowest BCUT2D eigenvalue weighted by Gasteiger charge is -2.11. The van der Waals surface area contributed by atoms with Gasteiger partial charge in [-0.15, -0.1) is 0 Å². The lowest BCUT2D eigenvalue weighted by atomic mass is 10.1. The second-order valence-electron chi connectivity index (χ2n) is 4.62. The summed E-state index contributed by atoms with van der Waals surface area (Å²) in [5, 5.41) is 9.27. The maximum absolute atomic E-state index is 12.0. The van der Waals surface area contributed by atoms with Crippen LogP contribution >= 0.6 is 11.8 Å². The van der Waals surface area contributed by atoms with Crippen molar-refractivity contribution < 1.29 is 9.90 Å². The number of aromatic nitrogens is 2. The van der Waals surface area contributed by atoms with Crippen LogP contribution in [-0.2, 0) is 6.54 Å². The van der Waals surface area contributed by atoms with Crippen molar-refractivity contribution in [3.8, 4) is 0 Å². The summed E-state index contributed by atoms with van der Waals surface area (Å²) >= 11 is 1.71. The van der Waals surface area contributed by atoms with E-state index in [1.807, 2.05) is 6.26 Å². The standard InChI is InChI=1S/C14H16N2O4S/c1-21-8-3-2-7-16-11-9(14(19)20)5-4-6-10(11)15-12(17)13(16)18/h4-6H,2-3,7-8H2,1H3,(H,15,17)(H,19,20).